The number of hydrogen-bond donors (Lipinski definition) is 0. The van der Waals surface area contributed by atoms with Crippen molar-refractivity contribution in [1.29, 1.82) is 0 Å². The van der Waals surface area contributed by atoms with Crippen LogP contribution in [0.25, 0.3) is 0 Å². The summed E-state index contributed by atoms with van der Waals surface area (Å²) in [7, 11) is 2.20. The van der Waals surface area contributed by atoms with Crippen molar-refractivity contribution in [2.45, 2.75) is 25.8 Å². The van der Waals surface area contributed by atoms with Crippen LogP contribution in [0.1, 0.15) is 30.0 Å². The van der Waals surface area contributed by atoms with E-state index in [-0.39, 0.29) is 0 Å². The van der Waals surface area contributed by atoms with Crippen molar-refractivity contribution in [2.24, 2.45) is 0 Å². The predicted octanol–water partition coefficient (Wildman–Crippen LogP) is 2.16. The van der Waals surface area contributed by atoms with E-state index >= 15 is 0 Å². The highest BCUT2D eigenvalue weighted by Gasteiger charge is 2.23. The molecule has 2 nitrogen and oxygen atoms in total. The summed E-state index contributed by atoms with van der Waals surface area (Å²) < 4.78 is 0. The maximum absolute atomic E-state index is 4.20. The maximum Gasteiger partial charge on any atom is 0.0363 e. The average molecular weight is 176 g/mol. The smallest absolute Gasteiger partial charge is 0.0363 e. The SMILES string of the molecule is Cc1ccncc1[C@H]1CCCN1C. The second kappa shape index (κ2) is 3.46. The molecule has 0 N–H and O–H groups in total. The van der Waals surface area contributed by atoms with Gasteiger partial charge in [-0.15, -0.1) is 0 Å². The summed E-state index contributed by atoms with van der Waals surface area (Å²) in [6, 6.07) is 2.70. The Kier molecular flexibility index (Phi) is 2.32. The monoisotopic (exact) mass is 176 g/mol. The molecule has 0 unspecified atom stereocenters. The van der Waals surface area contributed by atoms with Crippen molar-refractivity contribution in [2.75, 3.05) is 13.6 Å². The fourth-order valence-electron chi connectivity index (χ4n) is 2.13. The normalized spacial score (nSPS) is 23.7. The van der Waals surface area contributed by atoms with Gasteiger partial charge in [0.25, 0.3) is 0 Å². The molecule has 1 fully saturated rings. The number of aryl methyl sites for hydroxylation is 1. The number of hydrogen-bond acceptors (Lipinski definition) is 2. The Morgan fingerprint density at radius 3 is 3.00 bits per heavy atom. The van der Waals surface area contributed by atoms with E-state index in [0.717, 1.165) is 0 Å². The summed E-state index contributed by atoms with van der Waals surface area (Å²) in [5.41, 5.74) is 2.77. The van der Waals surface area contributed by atoms with Gasteiger partial charge in [-0.05, 0) is 50.6 Å². The number of pyridine rings is 1. The lowest BCUT2D eigenvalue weighted by Gasteiger charge is -2.20. The molecule has 0 saturated carbocycles. The Labute approximate surface area is 79.6 Å². The molecular weight excluding hydrogens is 160 g/mol. The lowest BCUT2D eigenvalue weighted by Crippen LogP contribution is -2.18. The molecule has 0 radical (unpaired) electrons. The van der Waals surface area contributed by atoms with E-state index in [1.165, 1.54) is 30.5 Å². The zero-order valence-electron chi connectivity index (χ0n) is 8.33. The predicted molar refractivity (Wildman–Crippen MR) is 53.6 cm³/mol. The topological polar surface area (TPSA) is 16.1 Å². The van der Waals surface area contributed by atoms with Gasteiger partial charge < -0.3 is 0 Å². The highest BCUT2D eigenvalue weighted by Crippen LogP contribution is 2.31. The first-order chi connectivity index (χ1) is 6.29. The quantitative estimate of drug-likeness (QED) is 0.652. The van der Waals surface area contributed by atoms with Gasteiger partial charge in [0, 0.05) is 18.4 Å². The highest BCUT2D eigenvalue weighted by molar-refractivity contribution is 5.25. The number of rotatable bonds is 1. The molecule has 1 aliphatic heterocycles. The summed E-state index contributed by atoms with van der Waals surface area (Å²) in [6.07, 6.45) is 6.48. The third-order valence-corrected chi connectivity index (χ3v) is 2.96. The molecule has 2 heteroatoms. The third-order valence-electron chi connectivity index (χ3n) is 2.96. The Balaban J connectivity index is 2.29. The zero-order valence-corrected chi connectivity index (χ0v) is 8.33. The van der Waals surface area contributed by atoms with Gasteiger partial charge in [0.05, 0.1) is 0 Å². The van der Waals surface area contributed by atoms with Crippen molar-refractivity contribution in [3.63, 3.8) is 0 Å². The van der Waals surface area contributed by atoms with Gasteiger partial charge in [0.15, 0.2) is 0 Å². The fourth-order valence-corrected chi connectivity index (χ4v) is 2.13. The minimum Gasteiger partial charge on any atom is -0.299 e. The Bertz CT molecular complexity index is 296. The van der Waals surface area contributed by atoms with Gasteiger partial charge in [-0.25, -0.2) is 0 Å². The van der Waals surface area contributed by atoms with E-state index in [0.29, 0.717) is 6.04 Å². The molecule has 0 amide bonds. The van der Waals surface area contributed by atoms with E-state index in [9.17, 15) is 0 Å². The molecule has 1 aromatic heterocycles. The molecule has 1 aromatic rings. The van der Waals surface area contributed by atoms with Crippen LogP contribution < -0.4 is 0 Å². The minimum atomic E-state index is 0.605. The average Bonchev–Trinajstić information content (AvgIpc) is 2.52. The van der Waals surface area contributed by atoms with Gasteiger partial charge in [-0.2, -0.15) is 0 Å². The Hall–Kier alpha value is -0.890. The molecule has 2 rings (SSSR count). The molecule has 70 valence electrons. The van der Waals surface area contributed by atoms with E-state index in [2.05, 4.69) is 29.9 Å². The van der Waals surface area contributed by atoms with Gasteiger partial charge in [0.1, 0.15) is 0 Å². The van der Waals surface area contributed by atoms with Crippen molar-refractivity contribution < 1.29 is 0 Å². The van der Waals surface area contributed by atoms with E-state index in [1.807, 2.05) is 12.4 Å². The van der Waals surface area contributed by atoms with Crippen molar-refractivity contribution in [3.8, 4) is 0 Å². The first kappa shape index (κ1) is 8.70. The second-order valence-corrected chi connectivity index (χ2v) is 3.87. The first-order valence-corrected chi connectivity index (χ1v) is 4.90. The molecule has 1 atom stereocenters. The van der Waals surface area contributed by atoms with Gasteiger partial charge >= 0.3 is 0 Å². The van der Waals surface area contributed by atoms with Gasteiger partial charge in [-0.3, -0.25) is 9.88 Å². The third kappa shape index (κ3) is 1.59. The van der Waals surface area contributed by atoms with Gasteiger partial charge in [0.2, 0.25) is 0 Å². The summed E-state index contributed by atoms with van der Waals surface area (Å²) in [5.74, 6) is 0. The number of likely N-dealkylation sites (tertiary alicyclic amines) is 1. The van der Waals surface area contributed by atoms with Crippen LogP contribution in [0.2, 0.25) is 0 Å². The first-order valence-electron chi connectivity index (χ1n) is 4.90. The van der Waals surface area contributed by atoms with E-state index in [4.69, 9.17) is 0 Å². The van der Waals surface area contributed by atoms with Crippen molar-refractivity contribution in [3.05, 3.63) is 29.6 Å². The summed E-state index contributed by atoms with van der Waals surface area (Å²) in [6.45, 7) is 3.39. The Morgan fingerprint density at radius 2 is 2.38 bits per heavy atom. The molecule has 0 aromatic carbocycles. The summed E-state index contributed by atoms with van der Waals surface area (Å²) in [5, 5.41) is 0. The fraction of sp³-hybridized carbons (Fsp3) is 0.545. The van der Waals surface area contributed by atoms with E-state index in [1.54, 1.807) is 0 Å². The van der Waals surface area contributed by atoms with Crippen molar-refractivity contribution in [1.82, 2.24) is 9.88 Å². The molecule has 2 heterocycles. The summed E-state index contributed by atoms with van der Waals surface area (Å²) in [4.78, 5) is 6.62. The molecular formula is C11H16N2. The van der Waals surface area contributed by atoms with Crippen LogP contribution in [0.4, 0.5) is 0 Å². The van der Waals surface area contributed by atoms with Crippen LogP contribution in [0.15, 0.2) is 18.5 Å². The van der Waals surface area contributed by atoms with Crippen LogP contribution in [-0.2, 0) is 0 Å². The summed E-state index contributed by atoms with van der Waals surface area (Å²) >= 11 is 0. The maximum atomic E-state index is 4.20. The largest absolute Gasteiger partial charge is 0.299 e. The molecule has 1 aliphatic rings. The molecule has 0 bridgehead atoms. The van der Waals surface area contributed by atoms with Gasteiger partial charge in [-0.1, -0.05) is 0 Å². The lowest BCUT2D eigenvalue weighted by atomic mass is 10.0. The number of nitrogens with zero attached hydrogens (tertiary/aromatic N) is 2. The molecule has 13 heavy (non-hydrogen) atoms. The minimum absolute atomic E-state index is 0.605. The standard InChI is InChI=1S/C11H16N2/c1-9-5-6-12-8-10(9)11-4-3-7-13(11)2/h5-6,8,11H,3-4,7H2,1-2H3/t11-/m1/s1. The van der Waals surface area contributed by atoms with E-state index < -0.39 is 0 Å². The van der Waals surface area contributed by atoms with Crippen LogP contribution in [0.5, 0.6) is 0 Å². The van der Waals surface area contributed by atoms with Crippen LogP contribution in [0, 0.1) is 6.92 Å². The lowest BCUT2D eigenvalue weighted by molar-refractivity contribution is 0.316. The van der Waals surface area contributed by atoms with Crippen molar-refractivity contribution >= 4 is 0 Å². The highest BCUT2D eigenvalue weighted by atomic mass is 15.1. The van der Waals surface area contributed by atoms with Crippen LogP contribution >= 0.6 is 0 Å². The second-order valence-electron chi connectivity index (χ2n) is 3.87. The Morgan fingerprint density at radius 1 is 1.54 bits per heavy atom. The molecule has 0 aliphatic carbocycles. The van der Waals surface area contributed by atoms with Crippen LogP contribution in [-0.4, -0.2) is 23.5 Å². The number of aromatic nitrogens is 1. The molecule has 0 spiro atoms. The zero-order chi connectivity index (χ0) is 9.26. The molecule has 1 saturated heterocycles. The van der Waals surface area contributed by atoms with Crippen LogP contribution in [0.3, 0.4) is 0 Å².